The Morgan fingerprint density at radius 3 is 2.12 bits per heavy atom. The van der Waals surface area contributed by atoms with Gasteiger partial charge in [0.1, 0.15) is 0 Å². The maximum atomic E-state index is 11.9. The summed E-state index contributed by atoms with van der Waals surface area (Å²) in [6.45, 7) is 8.72. The van der Waals surface area contributed by atoms with Crippen molar-refractivity contribution in [2.24, 2.45) is 10.8 Å². The van der Waals surface area contributed by atoms with E-state index in [1.54, 1.807) is 34.6 Å². The Labute approximate surface area is 96.0 Å². The van der Waals surface area contributed by atoms with Crippen LogP contribution in [0.5, 0.6) is 0 Å². The first kappa shape index (κ1) is 12.9. The van der Waals surface area contributed by atoms with Crippen LogP contribution in [0, 0.1) is 10.8 Å². The summed E-state index contributed by atoms with van der Waals surface area (Å²) in [5.74, 6) is -0.574. The van der Waals surface area contributed by atoms with Gasteiger partial charge in [0, 0.05) is 11.8 Å². The Kier molecular flexibility index (Phi) is 2.96. The summed E-state index contributed by atoms with van der Waals surface area (Å²) in [6, 6.07) is 0. The van der Waals surface area contributed by atoms with Gasteiger partial charge in [-0.05, 0) is 0 Å². The molecule has 0 bridgehead atoms. The molecule has 0 atom stereocenters. The molecule has 1 aliphatic heterocycles. The number of imide groups is 1. The molecule has 0 unspecified atom stereocenters. The quantitative estimate of drug-likeness (QED) is 0.667. The lowest BCUT2D eigenvalue weighted by atomic mass is 9.90. The van der Waals surface area contributed by atoms with Crippen molar-refractivity contribution in [1.29, 1.82) is 0 Å². The number of ketones is 1. The molecule has 1 aliphatic rings. The number of rotatable bonds is 2. The average Bonchev–Trinajstić information content (AvgIpc) is 2.26. The van der Waals surface area contributed by atoms with E-state index in [9.17, 15) is 14.4 Å². The number of amides is 2. The second kappa shape index (κ2) is 3.68. The second-order valence-corrected chi connectivity index (χ2v) is 6.02. The largest absolute Gasteiger partial charge is 0.297 e. The Morgan fingerprint density at radius 2 is 1.81 bits per heavy atom. The Balaban J connectivity index is 2.81. The average molecular weight is 225 g/mol. The van der Waals surface area contributed by atoms with Crippen LogP contribution in [0.2, 0.25) is 0 Å². The van der Waals surface area contributed by atoms with Crippen LogP contribution < -0.4 is 0 Å². The molecule has 0 aromatic heterocycles. The molecule has 0 radical (unpaired) electrons. The van der Waals surface area contributed by atoms with Crippen LogP contribution in [0.1, 0.15) is 41.0 Å². The van der Waals surface area contributed by atoms with E-state index >= 15 is 0 Å². The van der Waals surface area contributed by atoms with E-state index < -0.39 is 10.8 Å². The van der Waals surface area contributed by atoms with E-state index in [-0.39, 0.29) is 30.6 Å². The molecule has 16 heavy (non-hydrogen) atoms. The van der Waals surface area contributed by atoms with Crippen LogP contribution in [0.3, 0.4) is 0 Å². The maximum Gasteiger partial charge on any atom is 0.235 e. The molecular weight excluding hydrogens is 206 g/mol. The lowest BCUT2D eigenvalue weighted by Gasteiger charge is -2.22. The zero-order valence-electron chi connectivity index (χ0n) is 10.6. The molecule has 1 fully saturated rings. The fourth-order valence-corrected chi connectivity index (χ4v) is 1.57. The van der Waals surface area contributed by atoms with Gasteiger partial charge in [-0.1, -0.05) is 34.6 Å². The first-order chi connectivity index (χ1) is 7.05. The van der Waals surface area contributed by atoms with Crippen LogP contribution in [-0.4, -0.2) is 29.0 Å². The van der Waals surface area contributed by atoms with Crippen molar-refractivity contribution in [1.82, 2.24) is 4.90 Å². The molecular formula is C12H19NO3. The summed E-state index contributed by atoms with van der Waals surface area (Å²) in [5.41, 5.74) is -1.18. The predicted octanol–water partition coefficient (Wildman–Crippen LogP) is 1.39. The number of carbonyl (C=O) groups is 3. The highest BCUT2D eigenvalue weighted by atomic mass is 16.2. The number of hydrogen-bond acceptors (Lipinski definition) is 3. The number of nitrogens with zero attached hydrogens (tertiary/aromatic N) is 1. The van der Waals surface area contributed by atoms with Gasteiger partial charge in [-0.3, -0.25) is 19.3 Å². The molecule has 1 saturated heterocycles. The molecule has 1 heterocycles. The Morgan fingerprint density at radius 1 is 1.31 bits per heavy atom. The standard InChI is InChI=1S/C12H19NO3/c1-11(2,3)8(14)7-13-9(15)6-12(4,5)10(13)16/h6-7H2,1-5H3. The molecule has 4 nitrogen and oxygen atoms in total. The summed E-state index contributed by atoms with van der Waals surface area (Å²) < 4.78 is 0. The fraction of sp³-hybridized carbons (Fsp3) is 0.750. The molecule has 0 N–H and O–H groups in total. The SMILES string of the molecule is CC(C)(C)C(=O)CN1C(=O)CC(C)(C)C1=O. The van der Waals surface area contributed by atoms with Crippen LogP contribution in [0.15, 0.2) is 0 Å². The highest BCUT2D eigenvalue weighted by molar-refractivity contribution is 6.08. The highest BCUT2D eigenvalue weighted by Crippen LogP contribution is 2.32. The van der Waals surface area contributed by atoms with Gasteiger partial charge >= 0.3 is 0 Å². The lowest BCUT2D eigenvalue weighted by molar-refractivity contribution is -0.145. The number of likely N-dealkylation sites (tertiary alicyclic amines) is 1. The molecule has 0 spiro atoms. The molecule has 0 aromatic rings. The van der Waals surface area contributed by atoms with Crippen molar-refractivity contribution >= 4 is 17.6 Å². The third kappa shape index (κ3) is 2.31. The summed E-state index contributed by atoms with van der Waals surface area (Å²) in [4.78, 5) is 36.3. The molecule has 0 aromatic carbocycles. The van der Waals surface area contributed by atoms with E-state index in [4.69, 9.17) is 0 Å². The zero-order valence-corrected chi connectivity index (χ0v) is 10.6. The molecule has 2 amide bonds. The summed E-state index contributed by atoms with van der Waals surface area (Å²) in [6.07, 6.45) is 0.198. The smallest absolute Gasteiger partial charge is 0.235 e. The van der Waals surface area contributed by atoms with E-state index in [0.29, 0.717) is 0 Å². The topological polar surface area (TPSA) is 54.5 Å². The van der Waals surface area contributed by atoms with Crippen molar-refractivity contribution in [2.75, 3.05) is 6.54 Å². The molecule has 0 saturated carbocycles. The van der Waals surface area contributed by atoms with Crippen LogP contribution in [0.25, 0.3) is 0 Å². The van der Waals surface area contributed by atoms with Gasteiger partial charge in [0.05, 0.1) is 12.0 Å². The van der Waals surface area contributed by atoms with Crippen LogP contribution in [-0.2, 0) is 14.4 Å². The third-order valence-electron chi connectivity index (χ3n) is 2.86. The summed E-state index contributed by atoms with van der Waals surface area (Å²) in [7, 11) is 0. The van der Waals surface area contributed by atoms with Gasteiger partial charge in [-0.25, -0.2) is 0 Å². The molecule has 90 valence electrons. The number of Topliss-reactive ketones (excluding diaryl/α,β-unsaturated/α-hetero) is 1. The monoisotopic (exact) mass is 225 g/mol. The van der Waals surface area contributed by atoms with Crippen molar-refractivity contribution in [2.45, 2.75) is 41.0 Å². The minimum Gasteiger partial charge on any atom is -0.297 e. The normalized spacial score (nSPS) is 20.4. The van der Waals surface area contributed by atoms with E-state index in [2.05, 4.69) is 0 Å². The van der Waals surface area contributed by atoms with Gasteiger partial charge in [0.2, 0.25) is 11.8 Å². The van der Waals surface area contributed by atoms with Crippen molar-refractivity contribution < 1.29 is 14.4 Å². The van der Waals surface area contributed by atoms with E-state index in [1.165, 1.54) is 0 Å². The van der Waals surface area contributed by atoms with E-state index in [0.717, 1.165) is 4.90 Å². The molecule has 1 rings (SSSR count). The summed E-state index contributed by atoms with van der Waals surface area (Å²) in [5, 5.41) is 0. The predicted molar refractivity (Wildman–Crippen MR) is 59.6 cm³/mol. The molecule has 0 aliphatic carbocycles. The van der Waals surface area contributed by atoms with Crippen LogP contribution >= 0.6 is 0 Å². The number of carbonyl (C=O) groups excluding carboxylic acids is 3. The highest BCUT2D eigenvalue weighted by Gasteiger charge is 2.45. The second-order valence-electron chi connectivity index (χ2n) is 6.02. The van der Waals surface area contributed by atoms with E-state index in [1.807, 2.05) is 0 Å². The third-order valence-corrected chi connectivity index (χ3v) is 2.86. The van der Waals surface area contributed by atoms with Gasteiger partial charge < -0.3 is 0 Å². The summed E-state index contributed by atoms with van der Waals surface area (Å²) >= 11 is 0. The minimum absolute atomic E-state index is 0.0908. The Hall–Kier alpha value is -1.19. The zero-order chi connectivity index (χ0) is 12.7. The first-order valence-electron chi connectivity index (χ1n) is 5.44. The lowest BCUT2D eigenvalue weighted by Crippen LogP contribution is -2.40. The molecule has 4 heteroatoms. The van der Waals surface area contributed by atoms with Crippen molar-refractivity contribution in [3.8, 4) is 0 Å². The number of hydrogen-bond donors (Lipinski definition) is 0. The van der Waals surface area contributed by atoms with Gasteiger partial charge in [0.15, 0.2) is 5.78 Å². The van der Waals surface area contributed by atoms with Crippen LogP contribution in [0.4, 0.5) is 0 Å². The van der Waals surface area contributed by atoms with Gasteiger partial charge in [-0.2, -0.15) is 0 Å². The first-order valence-corrected chi connectivity index (χ1v) is 5.44. The Bertz CT molecular complexity index is 350. The fourth-order valence-electron chi connectivity index (χ4n) is 1.57. The minimum atomic E-state index is -0.657. The maximum absolute atomic E-state index is 11.9. The van der Waals surface area contributed by atoms with Gasteiger partial charge in [-0.15, -0.1) is 0 Å². The van der Waals surface area contributed by atoms with Crippen molar-refractivity contribution in [3.05, 3.63) is 0 Å². The van der Waals surface area contributed by atoms with Gasteiger partial charge in [0.25, 0.3) is 0 Å². The van der Waals surface area contributed by atoms with Crippen molar-refractivity contribution in [3.63, 3.8) is 0 Å².